The lowest BCUT2D eigenvalue weighted by Gasteiger charge is -2.12. The highest BCUT2D eigenvalue weighted by Crippen LogP contribution is 2.14. The van der Waals surface area contributed by atoms with Crippen LogP contribution in [0.1, 0.15) is 13.8 Å². The van der Waals surface area contributed by atoms with Crippen LogP contribution in [-0.2, 0) is 13.1 Å². The number of hydrogen-bond acceptors (Lipinski definition) is 3. The molecule has 18 heavy (non-hydrogen) atoms. The molecular weight excluding hydrogens is 230 g/mol. The van der Waals surface area contributed by atoms with E-state index in [4.69, 9.17) is 0 Å². The molecule has 0 saturated heterocycles. The monoisotopic (exact) mass is 247 g/mol. The summed E-state index contributed by atoms with van der Waals surface area (Å²) in [4.78, 5) is 24.4. The quantitative estimate of drug-likeness (QED) is 0.888. The zero-order valence-electron chi connectivity index (χ0n) is 10.9. The van der Waals surface area contributed by atoms with Gasteiger partial charge in [-0.05, 0) is 32.0 Å². The number of aromatic nitrogens is 2. The molecule has 1 heterocycles. The number of anilines is 1. The van der Waals surface area contributed by atoms with Crippen molar-refractivity contribution >= 4 is 16.6 Å². The molecule has 0 fully saturated rings. The van der Waals surface area contributed by atoms with E-state index in [1.807, 2.05) is 19.1 Å². The van der Waals surface area contributed by atoms with Crippen molar-refractivity contribution in [1.29, 1.82) is 0 Å². The molecule has 1 N–H and O–H groups in total. The van der Waals surface area contributed by atoms with Gasteiger partial charge in [0.1, 0.15) is 0 Å². The molecule has 1 aromatic carbocycles. The van der Waals surface area contributed by atoms with Crippen molar-refractivity contribution in [2.45, 2.75) is 26.9 Å². The molecule has 0 saturated carbocycles. The molecule has 0 aliphatic rings. The van der Waals surface area contributed by atoms with E-state index in [1.165, 1.54) is 4.57 Å². The molecule has 0 aliphatic carbocycles. The van der Waals surface area contributed by atoms with E-state index in [2.05, 4.69) is 5.32 Å². The van der Waals surface area contributed by atoms with Crippen LogP contribution < -0.4 is 16.6 Å². The van der Waals surface area contributed by atoms with Crippen LogP contribution in [0.25, 0.3) is 10.9 Å². The highest BCUT2D eigenvalue weighted by molar-refractivity contribution is 5.81. The number of hydrogen-bond donors (Lipinski definition) is 1. The van der Waals surface area contributed by atoms with Crippen LogP contribution in [0.3, 0.4) is 0 Å². The van der Waals surface area contributed by atoms with E-state index in [9.17, 15) is 9.59 Å². The summed E-state index contributed by atoms with van der Waals surface area (Å²) in [5.41, 5.74) is 1.09. The number of aryl methyl sites for hydroxylation is 1. The van der Waals surface area contributed by atoms with Crippen LogP contribution >= 0.6 is 0 Å². The van der Waals surface area contributed by atoms with Gasteiger partial charge in [-0.1, -0.05) is 0 Å². The van der Waals surface area contributed by atoms with Gasteiger partial charge in [-0.25, -0.2) is 4.79 Å². The molecule has 5 heteroatoms. The lowest BCUT2D eigenvalue weighted by molar-refractivity contribution is 0.609. The Balaban J connectivity index is 2.99. The van der Waals surface area contributed by atoms with Gasteiger partial charge in [-0.15, -0.1) is 0 Å². The zero-order chi connectivity index (χ0) is 13.3. The molecule has 0 unspecified atom stereocenters. The van der Waals surface area contributed by atoms with Gasteiger partial charge in [-0.3, -0.25) is 13.9 Å². The molecule has 0 amide bonds. The first kappa shape index (κ1) is 12.4. The van der Waals surface area contributed by atoms with E-state index in [0.29, 0.717) is 24.0 Å². The predicted octanol–water partition coefficient (Wildman–Crippen LogP) is 1.24. The van der Waals surface area contributed by atoms with E-state index in [-0.39, 0.29) is 11.2 Å². The van der Waals surface area contributed by atoms with Gasteiger partial charge in [0.15, 0.2) is 0 Å². The molecule has 0 bridgehead atoms. The summed E-state index contributed by atoms with van der Waals surface area (Å²) >= 11 is 0. The van der Waals surface area contributed by atoms with E-state index >= 15 is 0 Å². The lowest BCUT2D eigenvalue weighted by atomic mass is 10.2. The number of nitrogens with zero attached hydrogens (tertiary/aromatic N) is 2. The molecule has 1 aromatic heterocycles. The highest BCUT2D eigenvalue weighted by atomic mass is 16.2. The van der Waals surface area contributed by atoms with E-state index in [0.717, 1.165) is 5.69 Å². The average molecular weight is 247 g/mol. The van der Waals surface area contributed by atoms with Gasteiger partial charge in [0.25, 0.3) is 5.56 Å². The minimum atomic E-state index is -0.241. The Hall–Kier alpha value is -2.04. The van der Waals surface area contributed by atoms with E-state index < -0.39 is 0 Å². The number of fused-ring (bicyclic) bond motifs is 1. The van der Waals surface area contributed by atoms with Crippen molar-refractivity contribution in [3.05, 3.63) is 39.0 Å². The molecule has 96 valence electrons. The molecule has 0 radical (unpaired) electrons. The maximum absolute atomic E-state index is 12.2. The third-order valence-electron chi connectivity index (χ3n) is 3.15. The second kappa shape index (κ2) is 4.68. The maximum Gasteiger partial charge on any atom is 0.331 e. The van der Waals surface area contributed by atoms with Gasteiger partial charge in [0.05, 0.1) is 10.9 Å². The Kier molecular flexibility index (Phi) is 3.23. The first-order valence-corrected chi connectivity index (χ1v) is 6.09. The van der Waals surface area contributed by atoms with Crippen molar-refractivity contribution in [2.24, 2.45) is 0 Å². The average Bonchev–Trinajstić information content (AvgIpc) is 2.39. The number of nitrogens with one attached hydrogen (secondary N) is 1. The Morgan fingerprint density at radius 2 is 1.78 bits per heavy atom. The summed E-state index contributed by atoms with van der Waals surface area (Å²) in [7, 11) is 1.80. The summed E-state index contributed by atoms with van der Waals surface area (Å²) in [5, 5.41) is 3.57. The predicted molar refractivity (Wildman–Crippen MR) is 73.4 cm³/mol. The summed E-state index contributed by atoms with van der Waals surface area (Å²) < 4.78 is 2.89. The minimum absolute atomic E-state index is 0.223. The normalized spacial score (nSPS) is 10.8. The summed E-state index contributed by atoms with van der Waals surface area (Å²) in [6, 6.07) is 5.46. The fourth-order valence-corrected chi connectivity index (χ4v) is 2.16. The minimum Gasteiger partial charge on any atom is -0.388 e. The molecule has 2 rings (SSSR count). The largest absolute Gasteiger partial charge is 0.388 e. The van der Waals surface area contributed by atoms with Crippen LogP contribution in [0.5, 0.6) is 0 Å². The Morgan fingerprint density at radius 1 is 1.11 bits per heavy atom. The van der Waals surface area contributed by atoms with Gasteiger partial charge in [0, 0.05) is 25.8 Å². The summed E-state index contributed by atoms with van der Waals surface area (Å²) in [5.74, 6) is 0. The number of rotatable bonds is 3. The van der Waals surface area contributed by atoms with Crippen LogP contribution in [0.2, 0.25) is 0 Å². The fourth-order valence-electron chi connectivity index (χ4n) is 2.16. The summed E-state index contributed by atoms with van der Waals surface area (Å²) in [6.07, 6.45) is 0. The van der Waals surface area contributed by atoms with Crippen molar-refractivity contribution < 1.29 is 0 Å². The highest BCUT2D eigenvalue weighted by Gasteiger charge is 2.11. The third kappa shape index (κ3) is 1.72. The van der Waals surface area contributed by atoms with Crippen LogP contribution in [-0.4, -0.2) is 16.2 Å². The second-order valence-corrected chi connectivity index (χ2v) is 4.06. The Bertz CT molecular complexity index is 698. The van der Waals surface area contributed by atoms with Crippen molar-refractivity contribution in [3.8, 4) is 0 Å². The molecule has 0 aliphatic heterocycles. The van der Waals surface area contributed by atoms with Crippen molar-refractivity contribution in [2.75, 3.05) is 12.4 Å². The molecule has 2 aromatic rings. The van der Waals surface area contributed by atoms with Crippen LogP contribution in [0, 0.1) is 0 Å². The number of benzene rings is 1. The van der Waals surface area contributed by atoms with Crippen LogP contribution in [0.4, 0.5) is 5.69 Å². The Labute approximate surface area is 105 Å². The Morgan fingerprint density at radius 3 is 2.33 bits per heavy atom. The summed E-state index contributed by atoms with van der Waals surface area (Å²) in [6.45, 7) is 4.64. The van der Waals surface area contributed by atoms with Crippen molar-refractivity contribution in [3.63, 3.8) is 0 Å². The second-order valence-electron chi connectivity index (χ2n) is 4.06. The first-order chi connectivity index (χ1) is 8.63. The molecular formula is C13H17N3O2. The van der Waals surface area contributed by atoms with E-state index in [1.54, 1.807) is 24.6 Å². The molecule has 0 spiro atoms. The first-order valence-electron chi connectivity index (χ1n) is 6.09. The van der Waals surface area contributed by atoms with Crippen molar-refractivity contribution in [1.82, 2.24) is 9.13 Å². The molecule has 0 atom stereocenters. The third-order valence-corrected chi connectivity index (χ3v) is 3.15. The lowest BCUT2D eigenvalue weighted by Crippen LogP contribution is -2.39. The fraction of sp³-hybridized carbons (Fsp3) is 0.385. The standard InChI is InChI=1S/C13H17N3O2/c1-4-15-11-7-6-9(14-3)8-10(11)12(17)16(5-2)13(15)18/h6-8,14H,4-5H2,1-3H3. The van der Waals surface area contributed by atoms with Crippen LogP contribution in [0.15, 0.2) is 27.8 Å². The van der Waals surface area contributed by atoms with Gasteiger partial charge < -0.3 is 5.32 Å². The van der Waals surface area contributed by atoms with Gasteiger partial charge in [-0.2, -0.15) is 0 Å². The maximum atomic E-state index is 12.2. The molecule has 5 nitrogen and oxygen atoms in total. The topological polar surface area (TPSA) is 56.0 Å². The van der Waals surface area contributed by atoms with Gasteiger partial charge in [0.2, 0.25) is 0 Å². The van der Waals surface area contributed by atoms with Gasteiger partial charge >= 0.3 is 5.69 Å². The smallest absolute Gasteiger partial charge is 0.331 e. The SMILES string of the molecule is CCn1c(=O)c2cc(NC)ccc2n(CC)c1=O. The zero-order valence-corrected chi connectivity index (χ0v) is 10.9.